The van der Waals surface area contributed by atoms with Crippen LogP contribution < -0.4 is 5.32 Å². The summed E-state index contributed by atoms with van der Waals surface area (Å²) in [4.78, 5) is 27.3. The number of benzene rings is 2. The van der Waals surface area contributed by atoms with Crippen molar-refractivity contribution in [2.75, 3.05) is 18.4 Å². The summed E-state index contributed by atoms with van der Waals surface area (Å²) in [7, 11) is 0. The van der Waals surface area contributed by atoms with Crippen LogP contribution in [0.5, 0.6) is 0 Å². The van der Waals surface area contributed by atoms with Crippen LogP contribution in [0.15, 0.2) is 48.7 Å². The molecular weight excluding hydrogens is 340 g/mol. The fraction of sp³-hybridized carbons (Fsp3) is 0.286. The largest absolute Gasteiger partial charge is 0.338 e. The molecule has 0 aliphatic carbocycles. The second-order valence-electron chi connectivity index (χ2n) is 7.12. The first-order valence-electron chi connectivity index (χ1n) is 9.20. The number of fused-ring (bicyclic) bond motifs is 1. The molecule has 1 aromatic heterocycles. The van der Waals surface area contributed by atoms with E-state index < -0.39 is 0 Å². The zero-order valence-electron chi connectivity index (χ0n) is 15.2. The van der Waals surface area contributed by atoms with Gasteiger partial charge in [-0.25, -0.2) is 0 Å². The highest BCUT2D eigenvalue weighted by Crippen LogP contribution is 2.22. The number of nitrogens with one attached hydrogen (secondary N) is 2. The molecule has 6 heteroatoms. The number of rotatable bonds is 3. The predicted octanol–water partition coefficient (Wildman–Crippen LogP) is 3.36. The van der Waals surface area contributed by atoms with E-state index in [-0.39, 0.29) is 17.7 Å². The molecule has 2 aromatic carbocycles. The van der Waals surface area contributed by atoms with E-state index in [0.717, 1.165) is 35.0 Å². The third-order valence-corrected chi connectivity index (χ3v) is 5.09. The zero-order chi connectivity index (χ0) is 18.8. The normalized spacial score (nSPS) is 17.1. The molecule has 138 valence electrons. The van der Waals surface area contributed by atoms with E-state index in [4.69, 9.17) is 0 Å². The number of nitrogens with zero attached hydrogens (tertiary/aromatic N) is 2. The molecule has 2 heterocycles. The van der Waals surface area contributed by atoms with Gasteiger partial charge < -0.3 is 10.2 Å². The minimum Gasteiger partial charge on any atom is -0.338 e. The highest BCUT2D eigenvalue weighted by molar-refractivity contribution is 5.99. The van der Waals surface area contributed by atoms with Crippen molar-refractivity contribution in [1.82, 2.24) is 15.1 Å². The minimum absolute atomic E-state index is 0.0263. The molecule has 0 saturated carbocycles. The molecule has 4 rings (SSSR count). The first kappa shape index (κ1) is 17.3. The number of carbonyl (C=O) groups excluding carboxylic acids is 2. The lowest BCUT2D eigenvalue weighted by Gasteiger charge is -2.32. The summed E-state index contributed by atoms with van der Waals surface area (Å²) < 4.78 is 0. The number of hydrogen-bond donors (Lipinski definition) is 2. The Morgan fingerprint density at radius 2 is 2.00 bits per heavy atom. The van der Waals surface area contributed by atoms with Crippen LogP contribution in [0.25, 0.3) is 10.9 Å². The Morgan fingerprint density at radius 1 is 1.19 bits per heavy atom. The molecule has 1 saturated heterocycles. The predicted molar refractivity (Wildman–Crippen MR) is 105 cm³/mol. The Morgan fingerprint density at radius 3 is 2.81 bits per heavy atom. The molecule has 27 heavy (non-hydrogen) atoms. The summed E-state index contributed by atoms with van der Waals surface area (Å²) in [5.74, 6) is -0.255. The van der Waals surface area contributed by atoms with Crippen molar-refractivity contribution in [3.63, 3.8) is 0 Å². The van der Waals surface area contributed by atoms with Gasteiger partial charge in [-0.05, 0) is 50.1 Å². The number of piperidine rings is 1. The van der Waals surface area contributed by atoms with Crippen molar-refractivity contribution < 1.29 is 9.59 Å². The van der Waals surface area contributed by atoms with E-state index in [1.807, 2.05) is 43.3 Å². The number of carbonyl (C=O) groups is 2. The Bertz CT molecular complexity index is 977. The molecule has 0 bridgehead atoms. The van der Waals surface area contributed by atoms with Crippen molar-refractivity contribution in [3.05, 3.63) is 59.8 Å². The molecule has 3 aromatic rings. The average molecular weight is 362 g/mol. The van der Waals surface area contributed by atoms with Gasteiger partial charge in [-0.2, -0.15) is 5.10 Å². The SMILES string of the molecule is Cc1ccc(NC(=O)C2CCCN(C(=O)c3ccc4[nH]ncc4c3)C2)cc1. The van der Waals surface area contributed by atoms with Crippen LogP contribution in [0.2, 0.25) is 0 Å². The number of likely N-dealkylation sites (tertiary alicyclic amines) is 1. The summed E-state index contributed by atoms with van der Waals surface area (Å²) in [6.45, 7) is 3.13. The van der Waals surface area contributed by atoms with Crippen LogP contribution in [-0.2, 0) is 4.79 Å². The van der Waals surface area contributed by atoms with Crippen LogP contribution in [-0.4, -0.2) is 40.0 Å². The monoisotopic (exact) mass is 362 g/mol. The van der Waals surface area contributed by atoms with Crippen molar-refractivity contribution in [2.24, 2.45) is 5.92 Å². The smallest absolute Gasteiger partial charge is 0.253 e. The van der Waals surface area contributed by atoms with Gasteiger partial charge in [-0.1, -0.05) is 17.7 Å². The molecule has 2 amide bonds. The molecule has 1 unspecified atom stereocenters. The van der Waals surface area contributed by atoms with Crippen LogP contribution >= 0.6 is 0 Å². The van der Waals surface area contributed by atoms with Crippen LogP contribution in [0.4, 0.5) is 5.69 Å². The molecule has 0 spiro atoms. The maximum absolute atomic E-state index is 12.9. The van der Waals surface area contributed by atoms with Crippen molar-refractivity contribution in [1.29, 1.82) is 0 Å². The number of H-pyrrole nitrogens is 1. The van der Waals surface area contributed by atoms with E-state index in [2.05, 4.69) is 15.5 Å². The average Bonchev–Trinajstić information content (AvgIpc) is 3.17. The van der Waals surface area contributed by atoms with Gasteiger partial charge in [-0.15, -0.1) is 0 Å². The van der Waals surface area contributed by atoms with Gasteiger partial charge >= 0.3 is 0 Å². The quantitative estimate of drug-likeness (QED) is 0.750. The van der Waals surface area contributed by atoms with Crippen LogP contribution in [0.1, 0.15) is 28.8 Å². The van der Waals surface area contributed by atoms with Crippen LogP contribution in [0.3, 0.4) is 0 Å². The third-order valence-electron chi connectivity index (χ3n) is 5.09. The Hall–Kier alpha value is -3.15. The van der Waals surface area contributed by atoms with Crippen molar-refractivity contribution in [3.8, 4) is 0 Å². The number of anilines is 1. The maximum atomic E-state index is 12.9. The molecule has 1 aliphatic heterocycles. The van der Waals surface area contributed by atoms with Crippen molar-refractivity contribution in [2.45, 2.75) is 19.8 Å². The highest BCUT2D eigenvalue weighted by Gasteiger charge is 2.29. The maximum Gasteiger partial charge on any atom is 0.253 e. The molecule has 1 atom stereocenters. The Labute approximate surface area is 157 Å². The molecule has 0 radical (unpaired) electrons. The van der Waals surface area contributed by atoms with E-state index in [1.165, 1.54) is 0 Å². The van der Waals surface area contributed by atoms with Gasteiger partial charge in [0.2, 0.25) is 5.91 Å². The molecule has 1 aliphatic rings. The fourth-order valence-electron chi connectivity index (χ4n) is 3.52. The second-order valence-corrected chi connectivity index (χ2v) is 7.12. The summed E-state index contributed by atoms with van der Waals surface area (Å²) in [5, 5.41) is 10.8. The minimum atomic E-state index is -0.193. The molecule has 6 nitrogen and oxygen atoms in total. The van der Waals surface area contributed by atoms with E-state index in [1.54, 1.807) is 17.2 Å². The van der Waals surface area contributed by atoms with E-state index in [9.17, 15) is 9.59 Å². The highest BCUT2D eigenvalue weighted by atomic mass is 16.2. The number of aromatic nitrogens is 2. The van der Waals surface area contributed by atoms with Crippen molar-refractivity contribution >= 4 is 28.4 Å². The van der Waals surface area contributed by atoms with E-state index >= 15 is 0 Å². The summed E-state index contributed by atoms with van der Waals surface area (Å²) in [5.41, 5.74) is 3.47. The molecule has 2 N–H and O–H groups in total. The number of aryl methyl sites for hydroxylation is 1. The van der Waals surface area contributed by atoms with Crippen LogP contribution in [0, 0.1) is 12.8 Å². The van der Waals surface area contributed by atoms with Gasteiger partial charge in [0.25, 0.3) is 5.91 Å². The topological polar surface area (TPSA) is 78.1 Å². The van der Waals surface area contributed by atoms with Gasteiger partial charge in [0.1, 0.15) is 0 Å². The van der Waals surface area contributed by atoms with Gasteiger partial charge in [0, 0.05) is 29.7 Å². The zero-order valence-corrected chi connectivity index (χ0v) is 15.2. The Kier molecular flexibility index (Phi) is 4.62. The lowest BCUT2D eigenvalue weighted by molar-refractivity contribution is -0.121. The summed E-state index contributed by atoms with van der Waals surface area (Å²) in [6, 6.07) is 13.3. The molecule has 1 fully saturated rings. The Balaban J connectivity index is 1.44. The van der Waals surface area contributed by atoms with Gasteiger partial charge in [0.15, 0.2) is 0 Å². The van der Waals surface area contributed by atoms with E-state index in [0.29, 0.717) is 18.7 Å². The van der Waals surface area contributed by atoms with Gasteiger partial charge in [-0.3, -0.25) is 14.7 Å². The first-order chi connectivity index (χ1) is 13.1. The lowest BCUT2D eigenvalue weighted by atomic mass is 9.96. The summed E-state index contributed by atoms with van der Waals surface area (Å²) in [6.07, 6.45) is 3.33. The van der Waals surface area contributed by atoms with Gasteiger partial charge in [0.05, 0.1) is 17.6 Å². The standard InChI is InChI=1S/C21H22N4O2/c1-14-4-7-18(8-5-14)23-20(26)16-3-2-10-25(13-16)21(27)15-6-9-19-17(11-15)12-22-24-19/h4-9,11-12,16H,2-3,10,13H2,1H3,(H,22,24)(H,23,26). The fourth-order valence-corrected chi connectivity index (χ4v) is 3.52. The second kappa shape index (κ2) is 7.23. The number of hydrogen-bond acceptors (Lipinski definition) is 3. The number of aromatic amines is 1. The summed E-state index contributed by atoms with van der Waals surface area (Å²) >= 11 is 0. The molecular formula is C21H22N4O2. The first-order valence-corrected chi connectivity index (χ1v) is 9.20. The lowest BCUT2D eigenvalue weighted by Crippen LogP contribution is -2.43. The number of amides is 2. The third kappa shape index (κ3) is 3.69.